The van der Waals surface area contributed by atoms with Crippen LogP contribution in [-0.2, 0) is 4.79 Å². The van der Waals surface area contributed by atoms with E-state index in [1.165, 1.54) is 4.90 Å². The molecule has 2 rings (SSSR count). The molecule has 0 aliphatic carbocycles. The predicted octanol–water partition coefficient (Wildman–Crippen LogP) is -0.171. The molecule has 1 N–H and O–H groups in total. The zero-order chi connectivity index (χ0) is 9.64. The Balaban J connectivity index is 1.82. The molecule has 2 saturated heterocycles. The van der Waals surface area contributed by atoms with E-state index in [0.29, 0.717) is 13.1 Å². The van der Waals surface area contributed by atoms with Crippen LogP contribution in [0, 0.1) is 5.41 Å². The fraction of sp³-hybridized carbons (Fsp3) is 0.750. The highest BCUT2D eigenvalue weighted by Gasteiger charge is 2.53. The van der Waals surface area contributed by atoms with Crippen LogP contribution in [-0.4, -0.2) is 53.1 Å². The third-order valence-corrected chi connectivity index (χ3v) is 2.82. The van der Waals surface area contributed by atoms with Crippen molar-refractivity contribution >= 4 is 12.0 Å². The molecule has 72 valence electrons. The van der Waals surface area contributed by atoms with E-state index in [9.17, 15) is 9.59 Å². The van der Waals surface area contributed by atoms with Crippen LogP contribution in [0.2, 0.25) is 0 Å². The fourth-order valence-electron chi connectivity index (χ4n) is 2.08. The minimum Gasteiger partial charge on any atom is -0.465 e. The second-order valence-corrected chi connectivity index (χ2v) is 4.01. The molecular weight excluding hydrogens is 172 g/mol. The first-order chi connectivity index (χ1) is 6.02. The molecule has 5 nitrogen and oxygen atoms in total. The summed E-state index contributed by atoms with van der Waals surface area (Å²) in [6.07, 6.45) is -0.855. The second kappa shape index (κ2) is 2.37. The van der Waals surface area contributed by atoms with Crippen molar-refractivity contribution in [1.82, 2.24) is 9.80 Å². The molecule has 2 aliphatic rings. The molecule has 0 unspecified atom stereocenters. The minimum absolute atomic E-state index is 0.0828. The molecule has 2 fully saturated rings. The van der Waals surface area contributed by atoms with Crippen molar-refractivity contribution in [2.45, 2.75) is 6.92 Å². The molecular formula is C8H12N2O3. The highest BCUT2D eigenvalue weighted by Crippen LogP contribution is 2.39. The molecule has 0 saturated carbocycles. The molecule has 0 bridgehead atoms. The monoisotopic (exact) mass is 184 g/mol. The molecule has 0 aromatic rings. The number of likely N-dealkylation sites (tertiary alicyclic amines) is 2. The summed E-state index contributed by atoms with van der Waals surface area (Å²) in [5.74, 6) is 0.0828. The molecule has 0 radical (unpaired) electrons. The second-order valence-electron chi connectivity index (χ2n) is 4.01. The number of carbonyl (C=O) groups excluding carboxylic acids is 1. The summed E-state index contributed by atoms with van der Waals surface area (Å²) in [6, 6.07) is 0. The Morgan fingerprint density at radius 2 is 1.62 bits per heavy atom. The fourth-order valence-corrected chi connectivity index (χ4v) is 2.08. The van der Waals surface area contributed by atoms with Gasteiger partial charge in [0.25, 0.3) is 0 Å². The van der Waals surface area contributed by atoms with Crippen LogP contribution in [0.15, 0.2) is 0 Å². The van der Waals surface area contributed by atoms with Crippen molar-refractivity contribution in [1.29, 1.82) is 0 Å². The van der Waals surface area contributed by atoms with Gasteiger partial charge < -0.3 is 14.9 Å². The van der Waals surface area contributed by atoms with Crippen molar-refractivity contribution in [3.8, 4) is 0 Å². The molecule has 1 spiro atoms. The topological polar surface area (TPSA) is 60.9 Å². The third kappa shape index (κ3) is 1.15. The molecule has 0 aromatic carbocycles. The van der Waals surface area contributed by atoms with E-state index in [4.69, 9.17) is 5.11 Å². The van der Waals surface area contributed by atoms with Gasteiger partial charge in [0, 0.05) is 38.5 Å². The van der Waals surface area contributed by atoms with Gasteiger partial charge in [0.1, 0.15) is 0 Å². The molecule has 0 aromatic heterocycles. The highest BCUT2D eigenvalue weighted by atomic mass is 16.4. The van der Waals surface area contributed by atoms with E-state index in [1.54, 1.807) is 11.8 Å². The lowest BCUT2D eigenvalue weighted by Gasteiger charge is -2.59. The predicted molar refractivity (Wildman–Crippen MR) is 44.3 cm³/mol. The molecule has 2 amide bonds. The lowest BCUT2D eigenvalue weighted by Crippen LogP contribution is -2.73. The zero-order valence-electron chi connectivity index (χ0n) is 7.49. The first-order valence-corrected chi connectivity index (χ1v) is 4.26. The van der Waals surface area contributed by atoms with E-state index in [0.717, 1.165) is 13.1 Å². The van der Waals surface area contributed by atoms with Crippen LogP contribution in [0.5, 0.6) is 0 Å². The average molecular weight is 184 g/mol. The van der Waals surface area contributed by atoms with Gasteiger partial charge in [-0.25, -0.2) is 4.79 Å². The Hall–Kier alpha value is -1.26. The van der Waals surface area contributed by atoms with Crippen molar-refractivity contribution in [3.05, 3.63) is 0 Å². The van der Waals surface area contributed by atoms with E-state index < -0.39 is 6.09 Å². The van der Waals surface area contributed by atoms with Crippen LogP contribution in [0.4, 0.5) is 4.79 Å². The summed E-state index contributed by atoms with van der Waals surface area (Å²) >= 11 is 0. The normalized spacial score (nSPS) is 23.8. The first kappa shape index (κ1) is 8.34. The lowest BCUT2D eigenvalue weighted by molar-refractivity contribution is -0.152. The summed E-state index contributed by atoms with van der Waals surface area (Å²) in [4.78, 5) is 24.5. The van der Waals surface area contributed by atoms with E-state index >= 15 is 0 Å². The van der Waals surface area contributed by atoms with Crippen LogP contribution >= 0.6 is 0 Å². The van der Waals surface area contributed by atoms with Crippen molar-refractivity contribution < 1.29 is 14.7 Å². The van der Waals surface area contributed by atoms with E-state index in [2.05, 4.69) is 0 Å². The smallest absolute Gasteiger partial charge is 0.407 e. The Bertz CT molecular complexity index is 233. The van der Waals surface area contributed by atoms with E-state index in [1.807, 2.05) is 0 Å². The van der Waals surface area contributed by atoms with Crippen molar-refractivity contribution in [3.63, 3.8) is 0 Å². The molecule has 13 heavy (non-hydrogen) atoms. The number of carbonyl (C=O) groups is 2. The number of hydrogen-bond donors (Lipinski definition) is 1. The van der Waals surface area contributed by atoms with Gasteiger partial charge in [-0.3, -0.25) is 4.79 Å². The first-order valence-electron chi connectivity index (χ1n) is 4.26. The molecule has 2 aliphatic heterocycles. The summed E-state index contributed by atoms with van der Waals surface area (Å²) in [6.45, 7) is 4.18. The number of rotatable bonds is 0. The van der Waals surface area contributed by atoms with Gasteiger partial charge in [0.05, 0.1) is 0 Å². The van der Waals surface area contributed by atoms with Gasteiger partial charge in [-0.1, -0.05) is 0 Å². The van der Waals surface area contributed by atoms with E-state index in [-0.39, 0.29) is 11.3 Å². The van der Waals surface area contributed by atoms with Gasteiger partial charge in [0.15, 0.2) is 0 Å². The highest BCUT2D eigenvalue weighted by molar-refractivity contribution is 5.75. The maximum Gasteiger partial charge on any atom is 0.407 e. The summed E-state index contributed by atoms with van der Waals surface area (Å²) in [5.41, 5.74) is 0.101. The standard InChI is InChI=1S/C8H12N2O3/c1-6(11)9-2-8(3-9)4-10(5-8)7(12)13/h2-5H2,1H3,(H,12,13). The Morgan fingerprint density at radius 1 is 1.15 bits per heavy atom. The maximum atomic E-state index is 10.9. The quantitative estimate of drug-likeness (QED) is 0.568. The summed E-state index contributed by atoms with van der Waals surface area (Å²) in [7, 11) is 0. The summed E-state index contributed by atoms with van der Waals surface area (Å²) < 4.78 is 0. The third-order valence-electron chi connectivity index (χ3n) is 2.82. The number of nitrogens with zero attached hydrogens (tertiary/aromatic N) is 2. The number of carboxylic acid groups (broad SMARTS) is 1. The van der Waals surface area contributed by atoms with Crippen molar-refractivity contribution in [2.75, 3.05) is 26.2 Å². The summed E-state index contributed by atoms with van der Waals surface area (Å²) in [5, 5.41) is 8.61. The Morgan fingerprint density at radius 3 is 2.00 bits per heavy atom. The van der Waals surface area contributed by atoms with Crippen LogP contribution < -0.4 is 0 Å². The Kier molecular flexibility index (Phi) is 1.52. The molecule has 2 heterocycles. The van der Waals surface area contributed by atoms with Gasteiger partial charge in [-0.05, 0) is 0 Å². The van der Waals surface area contributed by atoms with Gasteiger partial charge >= 0.3 is 6.09 Å². The maximum absolute atomic E-state index is 10.9. The SMILES string of the molecule is CC(=O)N1CC2(C1)CN(C(=O)O)C2. The van der Waals surface area contributed by atoms with Gasteiger partial charge in [-0.15, -0.1) is 0 Å². The zero-order valence-corrected chi connectivity index (χ0v) is 7.49. The Labute approximate surface area is 75.9 Å². The molecule has 5 heteroatoms. The van der Waals surface area contributed by atoms with Gasteiger partial charge in [0.2, 0.25) is 5.91 Å². The van der Waals surface area contributed by atoms with Crippen LogP contribution in [0.1, 0.15) is 6.92 Å². The molecule has 0 atom stereocenters. The van der Waals surface area contributed by atoms with Crippen molar-refractivity contribution in [2.24, 2.45) is 5.41 Å². The lowest BCUT2D eigenvalue weighted by atomic mass is 9.73. The largest absolute Gasteiger partial charge is 0.465 e. The number of hydrogen-bond acceptors (Lipinski definition) is 2. The van der Waals surface area contributed by atoms with Crippen LogP contribution in [0.25, 0.3) is 0 Å². The van der Waals surface area contributed by atoms with Crippen LogP contribution in [0.3, 0.4) is 0 Å². The van der Waals surface area contributed by atoms with Gasteiger partial charge in [-0.2, -0.15) is 0 Å². The average Bonchev–Trinajstić information content (AvgIpc) is 1.78. The number of amides is 2. The minimum atomic E-state index is -0.855.